The molecule has 2 aliphatic heterocycles. The summed E-state index contributed by atoms with van der Waals surface area (Å²) in [5.74, 6) is 1.84. The molecule has 2 unspecified atom stereocenters. The number of amides is 1. The molecule has 162 valence electrons. The van der Waals surface area contributed by atoms with E-state index < -0.39 is 6.04 Å². The summed E-state index contributed by atoms with van der Waals surface area (Å²) < 4.78 is 22.5. The number of hydrogen-bond donors (Lipinski definition) is 0. The van der Waals surface area contributed by atoms with Crippen LogP contribution in [0.2, 0.25) is 0 Å². The van der Waals surface area contributed by atoms with Crippen LogP contribution in [0.4, 0.5) is 0 Å². The number of benzene rings is 1. The number of methoxy groups -OCH3 is 1. The first-order valence-electron chi connectivity index (χ1n) is 10.7. The SMILES string of the molecule is COC(=O)C(CC1CCCCC1)N1CC(OCC2COc3ccccc3O2)=CC1=O. The zero-order chi connectivity index (χ0) is 20.9. The number of para-hydroxylation sites is 2. The molecule has 1 aliphatic carbocycles. The first kappa shape index (κ1) is 20.6. The van der Waals surface area contributed by atoms with Crippen molar-refractivity contribution in [1.29, 1.82) is 0 Å². The summed E-state index contributed by atoms with van der Waals surface area (Å²) in [6.07, 6.45) is 7.68. The molecule has 0 bridgehead atoms. The van der Waals surface area contributed by atoms with E-state index in [2.05, 4.69) is 0 Å². The molecule has 3 aliphatic rings. The Morgan fingerprint density at radius 3 is 2.73 bits per heavy atom. The highest BCUT2D eigenvalue weighted by molar-refractivity contribution is 5.94. The first-order chi connectivity index (χ1) is 14.6. The summed E-state index contributed by atoms with van der Waals surface area (Å²) in [5, 5.41) is 0. The number of ether oxygens (including phenoxy) is 4. The monoisotopic (exact) mass is 415 g/mol. The molecule has 2 atom stereocenters. The molecule has 1 aromatic carbocycles. The van der Waals surface area contributed by atoms with Crippen LogP contribution in [-0.2, 0) is 19.1 Å². The van der Waals surface area contributed by atoms with Gasteiger partial charge in [-0.25, -0.2) is 4.79 Å². The van der Waals surface area contributed by atoms with Crippen molar-refractivity contribution >= 4 is 11.9 Å². The predicted molar refractivity (Wildman–Crippen MR) is 109 cm³/mol. The molecule has 0 N–H and O–H groups in total. The van der Waals surface area contributed by atoms with Gasteiger partial charge in [-0.15, -0.1) is 0 Å². The van der Waals surface area contributed by atoms with Gasteiger partial charge in [-0.1, -0.05) is 44.2 Å². The topological polar surface area (TPSA) is 74.3 Å². The number of hydrogen-bond acceptors (Lipinski definition) is 6. The highest BCUT2D eigenvalue weighted by atomic mass is 16.6. The summed E-state index contributed by atoms with van der Waals surface area (Å²) in [4.78, 5) is 26.6. The Kier molecular flexibility index (Phi) is 6.45. The van der Waals surface area contributed by atoms with Gasteiger partial charge in [-0.2, -0.15) is 0 Å². The first-order valence-corrected chi connectivity index (χ1v) is 10.7. The third-order valence-corrected chi connectivity index (χ3v) is 6.05. The molecular weight excluding hydrogens is 386 g/mol. The molecule has 1 fully saturated rings. The lowest BCUT2D eigenvalue weighted by Crippen LogP contribution is -2.44. The van der Waals surface area contributed by atoms with Crippen LogP contribution in [0.25, 0.3) is 0 Å². The number of nitrogens with zero attached hydrogens (tertiary/aromatic N) is 1. The van der Waals surface area contributed by atoms with Crippen LogP contribution in [0.5, 0.6) is 11.5 Å². The molecule has 1 aromatic rings. The molecule has 0 radical (unpaired) electrons. The molecular formula is C23H29NO6. The van der Waals surface area contributed by atoms with Gasteiger partial charge in [0.15, 0.2) is 17.6 Å². The number of carbonyl (C=O) groups is 2. The van der Waals surface area contributed by atoms with Gasteiger partial charge in [0.05, 0.1) is 13.7 Å². The second kappa shape index (κ2) is 9.41. The Hall–Kier alpha value is -2.70. The summed E-state index contributed by atoms with van der Waals surface area (Å²) >= 11 is 0. The normalized spacial score (nSPS) is 22.4. The van der Waals surface area contributed by atoms with Crippen molar-refractivity contribution in [3.8, 4) is 11.5 Å². The molecule has 1 amide bonds. The molecule has 7 nitrogen and oxygen atoms in total. The number of fused-ring (bicyclic) bond motifs is 1. The maximum atomic E-state index is 12.6. The molecule has 0 saturated heterocycles. The summed E-state index contributed by atoms with van der Waals surface area (Å²) in [6.45, 7) is 0.927. The van der Waals surface area contributed by atoms with Gasteiger partial charge in [-0.05, 0) is 24.5 Å². The molecule has 2 heterocycles. The van der Waals surface area contributed by atoms with Crippen LogP contribution in [0.3, 0.4) is 0 Å². The lowest BCUT2D eigenvalue weighted by Gasteiger charge is -2.31. The van der Waals surface area contributed by atoms with E-state index in [1.54, 1.807) is 4.90 Å². The summed E-state index contributed by atoms with van der Waals surface area (Å²) in [5.41, 5.74) is 0. The van der Waals surface area contributed by atoms with Crippen LogP contribution < -0.4 is 9.47 Å². The Balaban J connectivity index is 1.32. The minimum atomic E-state index is -0.566. The second-order valence-electron chi connectivity index (χ2n) is 8.16. The van der Waals surface area contributed by atoms with E-state index >= 15 is 0 Å². The molecule has 30 heavy (non-hydrogen) atoms. The highest BCUT2D eigenvalue weighted by Crippen LogP contribution is 2.32. The minimum Gasteiger partial charge on any atom is -0.492 e. The third-order valence-electron chi connectivity index (χ3n) is 6.05. The third kappa shape index (κ3) is 4.71. The van der Waals surface area contributed by atoms with Crippen molar-refractivity contribution in [2.75, 3.05) is 26.9 Å². The lowest BCUT2D eigenvalue weighted by atomic mass is 9.84. The highest BCUT2D eigenvalue weighted by Gasteiger charge is 2.37. The van der Waals surface area contributed by atoms with E-state index in [0.717, 1.165) is 18.6 Å². The fraction of sp³-hybridized carbons (Fsp3) is 0.565. The fourth-order valence-corrected chi connectivity index (χ4v) is 4.43. The maximum Gasteiger partial charge on any atom is 0.328 e. The Morgan fingerprint density at radius 2 is 1.97 bits per heavy atom. The zero-order valence-electron chi connectivity index (χ0n) is 17.4. The zero-order valence-corrected chi connectivity index (χ0v) is 17.4. The Bertz CT molecular complexity index is 801. The molecule has 0 spiro atoms. The standard InChI is InChI=1S/C23H29NO6/c1-27-23(26)19(11-16-7-3-2-4-8-16)24-13-17(12-22(24)25)28-14-18-15-29-20-9-5-6-10-21(20)30-18/h5-6,9-10,12,16,18-19H,2-4,7-8,11,13-15H2,1H3. The van der Waals surface area contributed by atoms with E-state index in [0.29, 0.717) is 30.5 Å². The largest absolute Gasteiger partial charge is 0.492 e. The van der Waals surface area contributed by atoms with Crippen molar-refractivity contribution < 1.29 is 28.5 Å². The quantitative estimate of drug-likeness (QED) is 0.637. The van der Waals surface area contributed by atoms with Gasteiger partial charge in [-0.3, -0.25) is 4.79 Å². The number of esters is 1. The van der Waals surface area contributed by atoms with Crippen LogP contribution in [0.1, 0.15) is 38.5 Å². The minimum absolute atomic E-state index is 0.206. The summed E-state index contributed by atoms with van der Waals surface area (Å²) in [7, 11) is 1.37. The molecule has 7 heteroatoms. The Labute approximate surface area is 176 Å². The number of carbonyl (C=O) groups excluding carboxylic acids is 2. The molecule has 1 saturated carbocycles. The van der Waals surface area contributed by atoms with E-state index in [4.69, 9.17) is 18.9 Å². The fourth-order valence-electron chi connectivity index (χ4n) is 4.43. The van der Waals surface area contributed by atoms with Crippen molar-refractivity contribution in [1.82, 2.24) is 4.90 Å². The van der Waals surface area contributed by atoms with Crippen molar-refractivity contribution in [2.45, 2.75) is 50.7 Å². The summed E-state index contributed by atoms with van der Waals surface area (Å²) in [6, 6.07) is 6.94. The van der Waals surface area contributed by atoms with E-state index in [-0.39, 0.29) is 31.1 Å². The van der Waals surface area contributed by atoms with E-state index in [1.165, 1.54) is 32.4 Å². The van der Waals surface area contributed by atoms with Crippen LogP contribution in [0.15, 0.2) is 36.1 Å². The smallest absolute Gasteiger partial charge is 0.328 e. The van der Waals surface area contributed by atoms with Crippen LogP contribution >= 0.6 is 0 Å². The van der Waals surface area contributed by atoms with Gasteiger partial charge in [0.2, 0.25) is 0 Å². The van der Waals surface area contributed by atoms with Gasteiger partial charge in [0, 0.05) is 6.08 Å². The molecule has 0 aromatic heterocycles. The van der Waals surface area contributed by atoms with Gasteiger partial charge in [0.25, 0.3) is 5.91 Å². The van der Waals surface area contributed by atoms with E-state index in [1.807, 2.05) is 24.3 Å². The van der Waals surface area contributed by atoms with Crippen molar-refractivity contribution in [3.63, 3.8) is 0 Å². The van der Waals surface area contributed by atoms with Crippen LogP contribution in [-0.4, -0.2) is 55.8 Å². The maximum absolute atomic E-state index is 12.6. The van der Waals surface area contributed by atoms with E-state index in [9.17, 15) is 9.59 Å². The Morgan fingerprint density at radius 1 is 1.20 bits per heavy atom. The average Bonchev–Trinajstić information content (AvgIpc) is 3.16. The van der Waals surface area contributed by atoms with Crippen molar-refractivity contribution in [3.05, 3.63) is 36.1 Å². The van der Waals surface area contributed by atoms with Gasteiger partial charge < -0.3 is 23.8 Å². The average molecular weight is 415 g/mol. The number of rotatable bonds is 7. The van der Waals surface area contributed by atoms with Crippen molar-refractivity contribution in [2.24, 2.45) is 5.92 Å². The van der Waals surface area contributed by atoms with Gasteiger partial charge >= 0.3 is 5.97 Å². The van der Waals surface area contributed by atoms with Gasteiger partial charge in [0.1, 0.15) is 25.0 Å². The lowest BCUT2D eigenvalue weighted by molar-refractivity contribution is -0.151. The predicted octanol–water partition coefficient (Wildman–Crippen LogP) is 3.08. The van der Waals surface area contributed by atoms with Crippen LogP contribution in [0, 0.1) is 5.92 Å². The second-order valence-corrected chi connectivity index (χ2v) is 8.16. The molecule has 4 rings (SSSR count).